The van der Waals surface area contributed by atoms with E-state index < -0.39 is 29.8 Å². The van der Waals surface area contributed by atoms with Crippen LogP contribution in [0.3, 0.4) is 0 Å². The Kier molecular flexibility index (Phi) is 3.52. The highest BCUT2D eigenvalue weighted by Gasteiger charge is 2.34. The number of rotatable bonds is 2. The zero-order valence-electron chi connectivity index (χ0n) is 10.1. The van der Waals surface area contributed by atoms with E-state index >= 15 is 0 Å². The molecule has 0 unspecified atom stereocenters. The van der Waals surface area contributed by atoms with E-state index in [2.05, 4.69) is 0 Å². The van der Waals surface area contributed by atoms with Crippen LogP contribution in [-0.2, 0) is 12.7 Å². The summed E-state index contributed by atoms with van der Waals surface area (Å²) >= 11 is 0. The molecule has 3 nitrogen and oxygen atoms in total. The maximum absolute atomic E-state index is 13.2. The summed E-state index contributed by atoms with van der Waals surface area (Å²) in [7, 11) is 0. The molecule has 0 bridgehead atoms. The van der Waals surface area contributed by atoms with Crippen molar-refractivity contribution in [3.05, 3.63) is 63.8 Å². The lowest BCUT2D eigenvalue weighted by Crippen LogP contribution is -2.27. The summed E-state index contributed by atoms with van der Waals surface area (Å²) < 4.78 is 52.2. The molecule has 0 atom stereocenters. The standard InChI is InChI=1S/C13H10F4N2O/c14-9-4-8(5-10(18)6-9)7-19-11(13(15,16)17)2-1-3-12(19)20/h1-6H,7,18H2. The Morgan fingerprint density at radius 3 is 2.45 bits per heavy atom. The van der Waals surface area contributed by atoms with Gasteiger partial charge in [-0.2, -0.15) is 13.2 Å². The maximum Gasteiger partial charge on any atom is 0.431 e. The summed E-state index contributed by atoms with van der Waals surface area (Å²) in [5.74, 6) is -0.669. The molecule has 0 aliphatic heterocycles. The molecule has 0 aliphatic rings. The van der Waals surface area contributed by atoms with Gasteiger partial charge in [0, 0.05) is 11.8 Å². The first kappa shape index (κ1) is 14.1. The van der Waals surface area contributed by atoms with E-state index in [9.17, 15) is 22.4 Å². The monoisotopic (exact) mass is 286 g/mol. The summed E-state index contributed by atoms with van der Waals surface area (Å²) in [5.41, 5.74) is 3.78. The summed E-state index contributed by atoms with van der Waals surface area (Å²) in [4.78, 5) is 11.6. The van der Waals surface area contributed by atoms with Gasteiger partial charge in [-0.1, -0.05) is 6.07 Å². The molecule has 0 radical (unpaired) electrons. The maximum atomic E-state index is 13.2. The minimum absolute atomic E-state index is 0.0811. The Morgan fingerprint density at radius 1 is 1.15 bits per heavy atom. The molecule has 20 heavy (non-hydrogen) atoms. The molecular formula is C13H10F4N2O. The number of hydrogen-bond acceptors (Lipinski definition) is 2. The molecule has 7 heteroatoms. The van der Waals surface area contributed by atoms with Gasteiger partial charge < -0.3 is 5.73 Å². The third-order valence-electron chi connectivity index (χ3n) is 2.66. The van der Waals surface area contributed by atoms with E-state index in [4.69, 9.17) is 5.73 Å². The highest BCUT2D eigenvalue weighted by atomic mass is 19.4. The minimum atomic E-state index is -4.67. The first-order valence-electron chi connectivity index (χ1n) is 5.59. The fourth-order valence-electron chi connectivity index (χ4n) is 1.88. The Labute approximate surface area is 111 Å². The van der Waals surface area contributed by atoms with Crippen LogP contribution >= 0.6 is 0 Å². The molecule has 2 rings (SSSR count). The normalized spacial score (nSPS) is 11.6. The number of hydrogen-bond donors (Lipinski definition) is 1. The van der Waals surface area contributed by atoms with Crippen LogP contribution in [0.25, 0.3) is 0 Å². The largest absolute Gasteiger partial charge is 0.431 e. The lowest BCUT2D eigenvalue weighted by Gasteiger charge is -2.15. The SMILES string of the molecule is Nc1cc(F)cc(Cn2c(C(F)(F)F)cccc2=O)c1. The average Bonchev–Trinajstić information content (AvgIpc) is 2.29. The van der Waals surface area contributed by atoms with Crippen molar-refractivity contribution in [3.8, 4) is 0 Å². The van der Waals surface area contributed by atoms with Gasteiger partial charge in [0.1, 0.15) is 11.5 Å². The van der Waals surface area contributed by atoms with E-state index in [0.29, 0.717) is 4.57 Å². The quantitative estimate of drug-likeness (QED) is 0.681. The Morgan fingerprint density at radius 2 is 1.85 bits per heavy atom. The summed E-state index contributed by atoms with van der Waals surface area (Å²) in [6.45, 7) is -0.406. The molecule has 1 heterocycles. The van der Waals surface area contributed by atoms with Crippen molar-refractivity contribution < 1.29 is 17.6 Å². The van der Waals surface area contributed by atoms with Crippen molar-refractivity contribution in [2.45, 2.75) is 12.7 Å². The number of aromatic nitrogens is 1. The van der Waals surface area contributed by atoms with E-state index in [1.54, 1.807) is 0 Å². The van der Waals surface area contributed by atoms with Gasteiger partial charge in [-0.05, 0) is 29.8 Å². The van der Waals surface area contributed by atoms with Crippen LogP contribution in [0.1, 0.15) is 11.3 Å². The highest BCUT2D eigenvalue weighted by molar-refractivity contribution is 5.41. The fraction of sp³-hybridized carbons (Fsp3) is 0.154. The lowest BCUT2D eigenvalue weighted by atomic mass is 10.2. The number of nitrogens with two attached hydrogens (primary N) is 1. The van der Waals surface area contributed by atoms with Gasteiger partial charge >= 0.3 is 6.18 Å². The van der Waals surface area contributed by atoms with Crippen molar-refractivity contribution >= 4 is 5.69 Å². The topological polar surface area (TPSA) is 48.0 Å². The first-order chi connectivity index (χ1) is 9.27. The Bertz CT molecular complexity index is 671. The highest BCUT2D eigenvalue weighted by Crippen LogP contribution is 2.28. The van der Waals surface area contributed by atoms with E-state index in [1.165, 1.54) is 6.07 Å². The number of pyridine rings is 1. The van der Waals surface area contributed by atoms with Crippen molar-refractivity contribution in [1.29, 1.82) is 0 Å². The van der Waals surface area contributed by atoms with Gasteiger partial charge in [0.15, 0.2) is 0 Å². The second-order valence-corrected chi connectivity index (χ2v) is 4.23. The number of halogens is 4. The van der Waals surface area contributed by atoms with Crippen LogP contribution < -0.4 is 11.3 Å². The molecule has 0 saturated heterocycles. The molecule has 0 amide bonds. The Balaban J connectivity index is 2.51. The van der Waals surface area contributed by atoms with Crippen LogP contribution in [0.4, 0.5) is 23.2 Å². The van der Waals surface area contributed by atoms with Gasteiger partial charge in [0.2, 0.25) is 0 Å². The van der Waals surface area contributed by atoms with Gasteiger partial charge in [-0.25, -0.2) is 4.39 Å². The first-order valence-corrected chi connectivity index (χ1v) is 5.59. The number of nitrogens with zero attached hydrogens (tertiary/aromatic N) is 1. The minimum Gasteiger partial charge on any atom is -0.399 e. The van der Waals surface area contributed by atoms with Crippen LogP contribution in [0.15, 0.2) is 41.2 Å². The van der Waals surface area contributed by atoms with Gasteiger partial charge in [0.05, 0.1) is 6.54 Å². The number of benzene rings is 1. The van der Waals surface area contributed by atoms with E-state index in [1.807, 2.05) is 0 Å². The smallest absolute Gasteiger partial charge is 0.399 e. The molecule has 0 spiro atoms. The summed E-state index contributed by atoms with van der Waals surface area (Å²) in [6.07, 6.45) is -4.67. The van der Waals surface area contributed by atoms with E-state index in [-0.39, 0.29) is 11.3 Å². The lowest BCUT2D eigenvalue weighted by molar-refractivity contribution is -0.144. The molecule has 106 valence electrons. The summed E-state index contributed by atoms with van der Waals surface area (Å²) in [6, 6.07) is 6.24. The van der Waals surface area contributed by atoms with Crippen molar-refractivity contribution in [1.82, 2.24) is 4.57 Å². The average molecular weight is 286 g/mol. The number of alkyl halides is 3. The molecule has 0 saturated carbocycles. The summed E-state index contributed by atoms with van der Waals surface area (Å²) in [5, 5.41) is 0. The zero-order chi connectivity index (χ0) is 14.9. The molecule has 0 aliphatic carbocycles. The van der Waals surface area contributed by atoms with Crippen LogP contribution in [-0.4, -0.2) is 4.57 Å². The fourth-order valence-corrected chi connectivity index (χ4v) is 1.88. The predicted molar refractivity (Wildman–Crippen MR) is 65.6 cm³/mol. The van der Waals surface area contributed by atoms with Crippen molar-refractivity contribution in [3.63, 3.8) is 0 Å². The molecule has 1 aromatic carbocycles. The third kappa shape index (κ3) is 2.98. The van der Waals surface area contributed by atoms with Crippen molar-refractivity contribution in [2.24, 2.45) is 0 Å². The van der Waals surface area contributed by atoms with Crippen LogP contribution in [0, 0.1) is 5.82 Å². The van der Waals surface area contributed by atoms with Crippen molar-refractivity contribution in [2.75, 3.05) is 5.73 Å². The molecule has 2 aromatic rings. The molecule has 2 N–H and O–H groups in total. The second-order valence-electron chi connectivity index (χ2n) is 4.23. The second kappa shape index (κ2) is 4.99. The molecule has 0 fully saturated rings. The molecule has 1 aromatic heterocycles. The number of anilines is 1. The van der Waals surface area contributed by atoms with Gasteiger partial charge in [0.25, 0.3) is 5.56 Å². The third-order valence-corrected chi connectivity index (χ3v) is 2.66. The Hall–Kier alpha value is -2.31. The van der Waals surface area contributed by atoms with Crippen LogP contribution in [0.5, 0.6) is 0 Å². The predicted octanol–water partition coefficient (Wildman–Crippen LogP) is 2.64. The van der Waals surface area contributed by atoms with E-state index in [0.717, 1.165) is 30.3 Å². The van der Waals surface area contributed by atoms with Gasteiger partial charge in [-0.15, -0.1) is 0 Å². The molecular weight excluding hydrogens is 276 g/mol. The zero-order valence-corrected chi connectivity index (χ0v) is 10.1. The van der Waals surface area contributed by atoms with Gasteiger partial charge in [-0.3, -0.25) is 9.36 Å². The number of nitrogen functional groups attached to an aromatic ring is 1. The van der Waals surface area contributed by atoms with Crippen LogP contribution in [0.2, 0.25) is 0 Å².